The third-order valence-corrected chi connectivity index (χ3v) is 2.14. The summed E-state index contributed by atoms with van der Waals surface area (Å²) in [6.45, 7) is 4.15. The first-order valence-corrected chi connectivity index (χ1v) is 5.17. The summed E-state index contributed by atoms with van der Waals surface area (Å²) in [6.07, 6.45) is 6.47. The van der Waals surface area contributed by atoms with E-state index in [1.807, 2.05) is 6.92 Å². The van der Waals surface area contributed by atoms with E-state index >= 15 is 0 Å². The fourth-order valence-corrected chi connectivity index (χ4v) is 1.35. The van der Waals surface area contributed by atoms with Gasteiger partial charge in [-0.05, 0) is 32.3 Å². The van der Waals surface area contributed by atoms with Crippen molar-refractivity contribution < 1.29 is 0 Å². The summed E-state index contributed by atoms with van der Waals surface area (Å²) < 4.78 is 0. The van der Waals surface area contributed by atoms with Crippen LogP contribution in [-0.4, -0.2) is 6.04 Å². The molecule has 1 atom stereocenters. The van der Waals surface area contributed by atoms with Gasteiger partial charge in [0.15, 0.2) is 0 Å². The highest BCUT2D eigenvalue weighted by Crippen LogP contribution is 2.07. The fraction of sp³-hybridized carbons (Fsp3) is 0.385. The van der Waals surface area contributed by atoms with E-state index in [2.05, 4.69) is 43.3 Å². The van der Waals surface area contributed by atoms with E-state index in [0.29, 0.717) is 6.04 Å². The largest absolute Gasteiger partial charge is 0.328 e. The summed E-state index contributed by atoms with van der Waals surface area (Å²) in [4.78, 5) is 0. The minimum absolute atomic E-state index is 0.303. The average Bonchev–Trinajstić information content (AvgIpc) is 2.12. The Balaban J connectivity index is 2.44. The Hall–Kier alpha value is -1.08. The number of aryl methyl sites for hydroxylation is 1. The molecular weight excluding hydrogens is 170 g/mol. The molecule has 1 aromatic rings. The smallest absolute Gasteiger partial charge is 0.00134 e. The first-order chi connectivity index (χ1) is 6.68. The predicted molar refractivity (Wildman–Crippen MR) is 63.1 cm³/mol. The molecule has 0 aliphatic carbocycles. The van der Waals surface area contributed by atoms with Gasteiger partial charge in [-0.2, -0.15) is 0 Å². The Morgan fingerprint density at radius 1 is 1.43 bits per heavy atom. The second kappa shape index (κ2) is 5.61. The van der Waals surface area contributed by atoms with Crippen molar-refractivity contribution in [3.8, 4) is 0 Å². The molecule has 0 radical (unpaired) electrons. The summed E-state index contributed by atoms with van der Waals surface area (Å²) in [5, 5.41) is 0. The molecule has 0 aliphatic heterocycles. The number of hydrogen-bond acceptors (Lipinski definition) is 1. The monoisotopic (exact) mass is 189 g/mol. The molecule has 0 aliphatic rings. The van der Waals surface area contributed by atoms with Crippen molar-refractivity contribution in [3.63, 3.8) is 0 Å². The van der Waals surface area contributed by atoms with Crippen molar-refractivity contribution >= 4 is 6.08 Å². The molecule has 0 heterocycles. The Bertz CT molecular complexity index is 300. The van der Waals surface area contributed by atoms with Crippen molar-refractivity contribution in [2.24, 2.45) is 5.73 Å². The normalized spacial score (nSPS) is 13.4. The number of rotatable bonds is 4. The maximum atomic E-state index is 5.66. The molecular formula is C13H19N. The molecule has 1 unspecified atom stereocenters. The molecule has 14 heavy (non-hydrogen) atoms. The van der Waals surface area contributed by atoms with Crippen LogP contribution in [0.1, 0.15) is 30.9 Å². The molecule has 0 amide bonds. The molecule has 76 valence electrons. The van der Waals surface area contributed by atoms with Crippen molar-refractivity contribution in [3.05, 3.63) is 41.5 Å². The highest BCUT2D eigenvalue weighted by molar-refractivity contribution is 5.49. The van der Waals surface area contributed by atoms with Crippen LogP contribution in [0, 0.1) is 6.92 Å². The van der Waals surface area contributed by atoms with Gasteiger partial charge in [0.05, 0.1) is 0 Å². The third kappa shape index (κ3) is 4.24. The molecule has 1 heteroatoms. The van der Waals surface area contributed by atoms with E-state index < -0.39 is 0 Å². The van der Waals surface area contributed by atoms with E-state index in [0.717, 1.165) is 12.8 Å². The van der Waals surface area contributed by atoms with Gasteiger partial charge in [-0.1, -0.05) is 42.0 Å². The summed E-state index contributed by atoms with van der Waals surface area (Å²) in [5.41, 5.74) is 8.24. The van der Waals surface area contributed by atoms with Gasteiger partial charge in [0.2, 0.25) is 0 Å². The second-order valence-corrected chi connectivity index (χ2v) is 3.87. The van der Waals surface area contributed by atoms with Crippen LogP contribution in [0.15, 0.2) is 30.3 Å². The van der Waals surface area contributed by atoms with Crippen LogP contribution in [0.25, 0.3) is 6.08 Å². The molecule has 0 saturated heterocycles. The topological polar surface area (TPSA) is 26.0 Å². The number of benzene rings is 1. The third-order valence-electron chi connectivity index (χ3n) is 2.14. The zero-order chi connectivity index (χ0) is 10.4. The van der Waals surface area contributed by atoms with E-state index in [4.69, 9.17) is 5.73 Å². The van der Waals surface area contributed by atoms with Crippen LogP contribution in [-0.2, 0) is 0 Å². The van der Waals surface area contributed by atoms with Crippen molar-refractivity contribution in [2.45, 2.75) is 32.7 Å². The summed E-state index contributed by atoms with van der Waals surface area (Å²) >= 11 is 0. The fourth-order valence-electron chi connectivity index (χ4n) is 1.35. The van der Waals surface area contributed by atoms with Gasteiger partial charge in [-0.25, -0.2) is 0 Å². The minimum atomic E-state index is 0.303. The van der Waals surface area contributed by atoms with Crippen LogP contribution in [0.4, 0.5) is 0 Å². The highest BCUT2D eigenvalue weighted by atomic mass is 14.6. The van der Waals surface area contributed by atoms with Gasteiger partial charge in [0.25, 0.3) is 0 Å². The second-order valence-electron chi connectivity index (χ2n) is 3.87. The Labute approximate surface area is 86.6 Å². The summed E-state index contributed by atoms with van der Waals surface area (Å²) in [6, 6.07) is 8.80. The van der Waals surface area contributed by atoms with E-state index in [-0.39, 0.29) is 0 Å². The van der Waals surface area contributed by atoms with E-state index in [1.54, 1.807) is 0 Å². The Kier molecular flexibility index (Phi) is 4.41. The van der Waals surface area contributed by atoms with Crippen LogP contribution in [0.3, 0.4) is 0 Å². The van der Waals surface area contributed by atoms with Gasteiger partial charge < -0.3 is 5.73 Å². The Morgan fingerprint density at radius 3 is 2.86 bits per heavy atom. The van der Waals surface area contributed by atoms with Gasteiger partial charge in [-0.3, -0.25) is 0 Å². The van der Waals surface area contributed by atoms with Crippen molar-refractivity contribution in [1.29, 1.82) is 0 Å². The van der Waals surface area contributed by atoms with Crippen LogP contribution in [0.2, 0.25) is 0 Å². The van der Waals surface area contributed by atoms with Crippen molar-refractivity contribution in [1.82, 2.24) is 0 Å². The summed E-state index contributed by atoms with van der Waals surface area (Å²) in [5.74, 6) is 0. The molecule has 1 nitrogen and oxygen atoms in total. The predicted octanol–water partition coefficient (Wildman–Crippen LogP) is 3.14. The van der Waals surface area contributed by atoms with Gasteiger partial charge >= 0.3 is 0 Å². The molecule has 2 N–H and O–H groups in total. The zero-order valence-electron chi connectivity index (χ0n) is 9.03. The molecule has 0 saturated carbocycles. The number of hydrogen-bond donors (Lipinski definition) is 1. The van der Waals surface area contributed by atoms with Crippen molar-refractivity contribution in [2.75, 3.05) is 0 Å². The van der Waals surface area contributed by atoms with E-state index in [9.17, 15) is 0 Å². The molecule has 0 fully saturated rings. The number of nitrogens with two attached hydrogens (primary N) is 1. The van der Waals surface area contributed by atoms with Gasteiger partial charge in [-0.15, -0.1) is 0 Å². The maximum absolute atomic E-state index is 5.66. The Morgan fingerprint density at radius 2 is 2.21 bits per heavy atom. The van der Waals surface area contributed by atoms with Crippen LogP contribution >= 0.6 is 0 Å². The average molecular weight is 189 g/mol. The van der Waals surface area contributed by atoms with E-state index in [1.165, 1.54) is 11.1 Å². The first-order valence-electron chi connectivity index (χ1n) is 5.17. The molecule has 0 bridgehead atoms. The lowest BCUT2D eigenvalue weighted by molar-refractivity contribution is 0.677. The molecule has 0 aromatic heterocycles. The lowest BCUT2D eigenvalue weighted by atomic mass is 10.1. The zero-order valence-corrected chi connectivity index (χ0v) is 9.03. The maximum Gasteiger partial charge on any atom is 0.00134 e. The molecule has 0 spiro atoms. The van der Waals surface area contributed by atoms with Crippen LogP contribution in [0.5, 0.6) is 0 Å². The molecule has 1 rings (SSSR count). The van der Waals surface area contributed by atoms with Gasteiger partial charge in [0.1, 0.15) is 0 Å². The first kappa shape index (κ1) is 11.0. The lowest BCUT2D eigenvalue weighted by Gasteiger charge is -2.00. The highest BCUT2D eigenvalue weighted by Gasteiger charge is 1.90. The lowest BCUT2D eigenvalue weighted by Crippen LogP contribution is -2.13. The minimum Gasteiger partial charge on any atom is -0.328 e. The number of allylic oxidation sites excluding steroid dienone is 1. The van der Waals surface area contributed by atoms with Crippen LogP contribution < -0.4 is 5.73 Å². The quantitative estimate of drug-likeness (QED) is 0.773. The summed E-state index contributed by atoms with van der Waals surface area (Å²) in [7, 11) is 0. The standard InChI is InChI=1S/C13H19N/c1-11-6-5-9-13(10-11)8-4-3-7-12(2)14/h4-6,8-10,12H,3,7,14H2,1-2H3/b8-4+. The SMILES string of the molecule is Cc1cccc(/C=C/CCC(C)N)c1. The molecule has 1 aromatic carbocycles. The van der Waals surface area contributed by atoms with Gasteiger partial charge in [0, 0.05) is 6.04 Å².